The lowest BCUT2D eigenvalue weighted by atomic mass is 9.90. The van der Waals surface area contributed by atoms with Gasteiger partial charge in [-0.05, 0) is 30.8 Å². The Labute approximate surface area is 78.4 Å². The van der Waals surface area contributed by atoms with Gasteiger partial charge in [-0.2, -0.15) is 11.8 Å². The van der Waals surface area contributed by atoms with Crippen LogP contribution in [0.25, 0.3) is 0 Å². The minimum Gasteiger partial charge on any atom is -0.380 e. The molecule has 2 rings (SSSR count). The first-order chi connectivity index (χ1) is 5.85. The first kappa shape index (κ1) is 8.85. The van der Waals surface area contributed by atoms with Crippen molar-refractivity contribution in [1.82, 2.24) is 5.32 Å². The van der Waals surface area contributed by atoms with Crippen molar-refractivity contribution in [1.29, 1.82) is 0 Å². The highest BCUT2D eigenvalue weighted by molar-refractivity contribution is 7.99. The molecule has 2 aliphatic heterocycles. The fourth-order valence-corrected chi connectivity index (χ4v) is 3.49. The van der Waals surface area contributed by atoms with Gasteiger partial charge in [0, 0.05) is 19.2 Å². The van der Waals surface area contributed by atoms with E-state index in [9.17, 15) is 0 Å². The SMILES string of the molecule is COC1CNC2(CCSCC2)C1. The van der Waals surface area contributed by atoms with E-state index >= 15 is 0 Å². The molecule has 3 heteroatoms. The zero-order valence-electron chi connectivity index (χ0n) is 7.64. The van der Waals surface area contributed by atoms with Gasteiger partial charge in [-0.15, -0.1) is 0 Å². The third kappa shape index (κ3) is 1.63. The highest BCUT2D eigenvalue weighted by atomic mass is 32.2. The Balaban J connectivity index is 1.94. The van der Waals surface area contributed by atoms with E-state index in [0.29, 0.717) is 11.6 Å². The first-order valence-corrected chi connectivity index (χ1v) is 5.86. The molecule has 12 heavy (non-hydrogen) atoms. The smallest absolute Gasteiger partial charge is 0.0713 e. The van der Waals surface area contributed by atoms with Gasteiger partial charge >= 0.3 is 0 Å². The average molecular weight is 187 g/mol. The van der Waals surface area contributed by atoms with Gasteiger partial charge in [0.05, 0.1) is 6.10 Å². The van der Waals surface area contributed by atoms with Gasteiger partial charge in [-0.3, -0.25) is 0 Å². The van der Waals surface area contributed by atoms with Gasteiger partial charge in [0.2, 0.25) is 0 Å². The molecule has 0 aromatic rings. The van der Waals surface area contributed by atoms with E-state index in [-0.39, 0.29) is 0 Å². The van der Waals surface area contributed by atoms with E-state index in [1.165, 1.54) is 30.8 Å². The van der Waals surface area contributed by atoms with Crippen molar-refractivity contribution in [3.8, 4) is 0 Å². The van der Waals surface area contributed by atoms with Gasteiger partial charge in [-0.25, -0.2) is 0 Å². The molecule has 0 amide bonds. The van der Waals surface area contributed by atoms with Crippen LogP contribution in [0.3, 0.4) is 0 Å². The second kappa shape index (κ2) is 3.56. The van der Waals surface area contributed by atoms with E-state index in [0.717, 1.165) is 6.54 Å². The van der Waals surface area contributed by atoms with Gasteiger partial charge in [0.25, 0.3) is 0 Å². The van der Waals surface area contributed by atoms with Crippen molar-refractivity contribution in [3.63, 3.8) is 0 Å². The molecule has 2 nitrogen and oxygen atoms in total. The largest absolute Gasteiger partial charge is 0.380 e. The lowest BCUT2D eigenvalue weighted by Gasteiger charge is -2.33. The number of nitrogens with one attached hydrogen (secondary N) is 1. The van der Waals surface area contributed by atoms with Crippen LogP contribution >= 0.6 is 11.8 Å². The van der Waals surface area contributed by atoms with Crippen LogP contribution in [-0.4, -0.2) is 36.8 Å². The number of methoxy groups -OCH3 is 1. The monoisotopic (exact) mass is 187 g/mol. The first-order valence-electron chi connectivity index (χ1n) is 4.70. The van der Waals surface area contributed by atoms with Crippen LogP contribution in [0.2, 0.25) is 0 Å². The second-order valence-electron chi connectivity index (χ2n) is 3.84. The summed E-state index contributed by atoms with van der Waals surface area (Å²) in [5.41, 5.74) is 0.450. The Morgan fingerprint density at radius 3 is 2.75 bits per heavy atom. The Kier molecular flexibility index (Phi) is 2.63. The van der Waals surface area contributed by atoms with Gasteiger partial charge in [0.1, 0.15) is 0 Å². The Morgan fingerprint density at radius 1 is 1.42 bits per heavy atom. The van der Waals surface area contributed by atoms with Crippen LogP contribution < -0.4 is 5.32 Å². The van der Waals surface area contributed by atoms with Crippen LogP contribution in [0.4, 0.5) is 0 Å². The average Bonchev–Trinajstić information content (AvgIpc) is 2.50. The molecule has 0 radical (unpaired) electrons. The summed E-state index contributed by atoms with van der Waals surface area (Å²) in [4.78, 5) is 0. The third-order valence-corrected chi connectivity index (χ3v) is 4.09. The number of rotatable bonds is 1. The molecule has 1 N–H and O–H groups in total. The molecule has 2 heterocycles. The fourth-order valence-electron chi connectivity index (χ4n) is 2.22. The fraction of sp³-hybridized carbons (Fsp3) is 1.00. The summed E-state index contributed by atoms with van der Waals surface area (Å²) in [7, 11) is 1.82. The van der Waals surface area contributed by atoms with Crippen LogP contribution in [0, 0.1) is 0 Å². The van der Waals surface area contributed by atoms with E-state index in [1.54, 1.807) is 0 Å². The summed E-state index contributed by atoms with van der Waals surface area (Å²) in [6, 6.07) is 0. The Bertz CT molecular complexity index is 157. The highest BCUT2D eigenvalue weighted by Gasteiger charge is 2.39. The summed E-state index contributed by atoms with van der Waals surface area (Å²) in [5.74, 6) is 2.65. The minimum atomic E-state index is 0.450. The van der Waals surface area contributed by atoms with Crippen molar-refractivity contribution < 1.29 is 4.74 Å². The lowest BCUT2D eigenvalue weighted by molar-refractivity contribution is 0.111. The molecular formula is C9H17NOS. The molecule has 2 saturated heterocycles. The van der Waals surface area contributed by atoms with Crippen LogP contribution in [0.5, 0.6) is 0 Å². The molecule has 0 aliphatic carbocycles. The standard InChI is InChI=1S/C9H17NOS/c1-11-8-6-9(10-7-8)2-4-12-5-3-9/h8,10H,2-7H2,1H3. The molecule has 2 fully saturated rings. The molecule has 0 bridgehead atoms. The van der Waals surface area contributed by atoms with Crippen molar-refractivity contribution >= 4 is 11.8 Å². The Hall–Kier alpha value is 0.270. The van der Waals surface area contributed by atoms with Gasteiger partial charge in [0.15, 0.2) is 0 Å². The molecular weight excluding hydrogens is 170 g/mol. The number of hydrogen-bond acceptors (Lipinski definition) is 3. The number of thioether (sulfide) groups is 1. The number of hydrogen-bond donors (Lipinski definition) is 1. The highest BCUT2D eigenvalue weighted by Crippen LogP contribution is 2.34. The Morgan fingerprint density at radius 2 is 2.17 bits per heavy atom. The molecule has 0 aromatic carbocycles. The quantitative estimate of drug-likeness (QED) is 0.668. The van der Waals surface area contributed by atoms with Crippen molar-refractivity contribution in [2.24, 2.45) is 0 Å². The normalized spacial score (nSPS) is 34.2. The molecule has 1 atom stereocenters. The lowest BCUT2D eigenvalue weighted by Crippen LogP contribution is -2.42. The minimum absolute atomic E-state index is 0.450. The topological polar surface area (TPSA) is 21.3 Å². The molecule has 2 aliphatic rings. The molecule has 1 spiro atoms. The summed E-state index contributed by atoms with van der Waals surface area (Å²) >= 11 is 2.08. The summed E-state index contributed by atoms with van der Waals surface area (Å²) in [6.07, 6.45) is 4.35. The van der Waals surface area contributed by atoms with Gasteiger partial charge < -0.3 is 10.1 Å². The maximum absolute atomic E-state index is 5.37. The van der Waals surface area contributed by atoms with E-state index in [2.05, 4.69) is 17.1 Å². The molecule has 70 valence electrons. The molecule has 1 unspecified atom stereocenters. The zero-order valence-corrected chi connectivity index (χ0v) is 8.45. The third-order valence-electron chi connectivity index (χ3n) is 3.11. The van der Waals surface area contributed by atoms with Crippen LogP contribution in [0.1, 0.15) is 19.3 Å². The van der Waals surface area contributed by atoms with Crippen molar-refractivity contribution in [2.45, 2.75) is 30.9 Å². The van der Waals surface area contributed by atoms with Gasteiger partial charge in [-0.1, -0.05) is 0 Å². The van der Waals surface area contributed by atoms with E-state index < -0.39 is 0 Å². The summed E-state index contributed by atoms with van der Waals surface area (Å²) in [5, 5.41) is 3.63. The maximum atomic E-state index is 5.37. The predicted molar refractivity (Wildman–Crippen MR) is 52.7 cm³/mol. The van der Waals surface area contributed by atoms with E-state index in [1.807, 2.05) is 7.11 Å². The van der Waals surface area contributed by atoms with E-state index in [4.69, 9.17) is 4.74 Å². The summed E-state index contributed by atoms with van der Waals surface area (Å²) in [6.45, 7) is 1.06. The number of ether oxygens (including phenoxy) is 1. The van der Waals surface area contributed by atoms with Crippen molar-refractivity contribution in [2.75, 3.05) is 25.2 Å². The molecule has 0 saturated carbocycles. The predicted octanol–water partition coefficient (Wildman–Crippen LogP) is 1.26. The maximum Gasteiger partial charge on any atom is 0.0713 e. The van der Waals surface area contributed by atoms with Crippen LogP contribution in [-0.2, 0) is 4.74 Å². The zero-order chi connectivity index (χ0) is 8.44. The second-order valence-corrected chi connectivity index (χ2v) is 5.06. The molecule has 0 aromatic heterocycles. The summed E-state index contributed by atoms with van der Waals surface area (Å²) < 4.78 is 5.37. The van der Waals surface area contributed by atoms with Crippen LogP contribution in [0.15, 0.2) is 0 Å². The van der Waals surface area contributed by atoms with Crippen molar-refractivity contribution in [3.05, 3.63) is 0 Å².